The lowest BCUT2D eigenvalue weighted by Crippen LogP contribution is -2.15. The molecule has 2 aromatic rings. The Kier molecular flexibility index (Phi) is 4.89. The van der Waals surface area contributed by atoms with Crippen molar-refractivity contribution in [3.05, 3.63) is 58.7 Å². The molecule has 1 aliphatic carbocycles. The molecule has 0 saturated carbocycles. The molecule has 3 rings (SSSR count). The van der Waals surface area contributed by atoms with Crippen LogP contribution in [0.15, 0.2) is 36.4 Å². The van der Waals surface area contributed by atoms with Gasteiger partial charge in [0.05, 0.1) is 20.1 Å². The number of hydrogen-bond donors (Lipinski definition) is 0. The van der Waals surface area contributed by atoms with Crippen molar-refractivity contribution in [3.63, 3.8) is 0 Å². The standard InChI is InChI=1S/C21H24O3/c1-4-5-20(22)21-18-10-8-16(23-2)12-14(18)6-7-15-13-17(24-3)9-11-19(15)21/h8-13,21H,4-7H2,1-3H3. The van der Waals surface area contributed by atoms with Gasteiger partial charge >= 0.3 is 0 Å². The van der Waals surface area contributed by atoms with Gasteiger partial charge in [-0.2, -0.15) is 0 Å². The molecular formula is C21H24O3. The Bertz CT molecular complexity index is 693. The monoisotopic (exact) mass is 324 g/mol. The first-order chi connectivity index (χ1) is 11.7. The van der Waals surface area contributed by atoms with E-state index >= 15 is 0 Å². The molecule has 0 fully saturated rings. The predicted octanol–water partition coefficient (Wildman–Crippen LogP) is 4.30. The first-order valence-corrected chi connectivity index (χ1v) is 8.54. The lowest BCUT2D eigenvalue weighted by Gasteiger charge is -2.20. The van der Waals surface area contributed by atoms with Gasteiger partial charge in [-0.05, 0) is 65.8 Å². The van der Waals surface area contributed by atoms with Crippen LogP contribution in [-0.4, -0.2) is 20.0 Å². The number of ketones is 1. The summed E-state index contributed by atoms with van der Waals surface area (Å²) in [5.74, 6) is 1.80. The summed E-state index contributed by atoms with van der Waals surface area (Å²) in [6, 6.07) is 12.2. The fraction of sp³-hybridized carbons (Fsp3) is 0.381. The van der Waals surface area contributed by atoms with E-state index in [1.54, 1.807) is 14.2 Å². The van der Waals surface area contributed by atoms with Crippen LogP contribution in [0.2, 0.25) is 0 Å². The smallest absolute Gasteiger partial charge is 0.144 e. The van der Waals surface area contributed by atoms with E-state index in [0.717, 1.165) is 41.9 Å². The van der Waals surface area contributed by atoms with Crippen molar-refractivity contribution < 1.29 is 14.3 Å². The summed E-state index contributed by atoms with van der Waals surface area (Å²) in [5.41, 5.74) is 4.66. The average Bonchev–Trinajstić information content (AvgIpc) is 2.77. The Hall–Kier alpha value is -2.29. The fourth-order valence-corrected chi connectivity index (χ4v) is 3.59. The Morgan fingerprint density at radius 3 is 1.88 bits per heavy atom. The third-order valence-electron chi connectivity index (χ3n) is 4.80. The minimum absolute atomic E-state index is 0.186. The normalized spacial score (nSPS) is 13.6. The zero-order valence-electron chi connectivity index (χ0n) is 14.6. The van der Waals surface area contributed by atoms with Crippen molar-refractivity contribution in [2.75, 3.05) is 14.2 Å². The Labute approximate surface area is 143 Å². The van der Waals surface area contributed by atoms with Gasteiger partial charge in [-0.15, -0.1) is 0 Å². The minimum atomic E-state index is -0.186. The second kappa shape index (κ2) is 7.08. The summed E-state index contributed by atoms with van der Waals surface area (Å²) >= 11 is 0. The van der Waals surface area contributed by atoms with Gasteiger partial charge in [0.15, 0.2) is 0 Å². The van der Waals surface area contributed by atoms with Crippen LogP contribution >= 0.6 is 0 Å². The summed E-state index contributed by atoms with van der Waals surface area (Å²) in [4.78, 5) is 12.9. The number of aryl methyl sites for hydroxylation is 2. The van der Waals surface area contributed by atoms with E-state index in [2.05, 4.69) is 31.2 Å². The lowest BCUT2D eigenvalue weighted by atomic mass is 9.83. The van der Waals surface area contributed by atoms with Crippen LogP contribution in [0.3, 0.4) is 0 Å². The molecule has 0 aromatic heterocycles. The summed E-state index contributed by atoms with van der Waals surface area (Å²) in [6.07, 6.45) is 3.28. The SMILES string of the molecule is CCCC(=O)C1c2ccc(OC)cc2CCc2cc(OC)ccc21. The number of hydrogen-bond acceptors (Lipinski definition) is 3. The third-order valence-corrected chi connectivity index (χ3v) is 4.80. The summed E-state index contributed by atoms with van der Waals surface area (Å²) in [5, 5.41) is 0. The Balaban J connectivity index is 2.14. The molecule has 0 aliphatic heterocycles. The first kappa shape index (κ1) is 16.6. The van der Waals surface area contributed by atoms with Crippen molar-refractivity contribution >= 4 is 5.78 Å². The second-order valence-corrected chi connectivity index (χ2v) is 6.28. The number of ether oxygens (including phenoxy) is 2. The highest BCUT2D eigenvalue weighted by Crippen LogP contribution is 2.38. The first-order valence-electron chi connectivity index (χ1n) is 8.54. The van der Waals surface area contributed by atoms with Crippen molar-refractivity contribution in [2.45, 2.75) is 38.5 Å². The summed E-state index contributed by atoms with van der Waals surface area (Å²) < 4.78 is 10.7. The maximum absolute atomic E-state index is 12.9. The molecule has 0 bridgehead atoms. The number of benzene rings is 2. The van der Waals surface area contributed by atoms with Crippen LogP contribution in [0.4, 0.5) is 0 Å². The fourth-order valence-electron chi connectivity index (χ4n) is 3.59. The van der Waals surface area contributed by atoms with E-state index in [0.29, 0.717) is 6.42 Å². The predicted molar refractivity (Wildman–Crippen MR) is 95.2 cm³/mol. The number of carbonyl (C=O) groups is 1. The van der Waals surface area contributed by atoms with E-state index in [-0.39, 0.29) is 11.7 Å². The van der Waals surface area contributed by atoms with Gasteiger partial charge in [-0.25, -0.2) is 0 Å². The Morgan fingerprint density at radius 1 is 0.958 bits per heavy atom. The molecule has 0 atom stereocenters. The zero-order chi connectivity index (χ0) is 17.1. The molecule has 3 nitrogen and oxygen atoms in total. The molecule has 1 aliphatic rings. The summed E-state index contributed by atoms with van der Waals surface area (Å²) in [6.45, 7) is 2.05. The average molecular weight is 324 g/mol. The minimum Gasteiger partial charge on any atom is -0.497 e. The molecule has 0 radical (unpaired) electrons. The lowest BCUT2D eigenvalue weighted by molar-refractivity contribution is -0.119. The molecule has 0 spiro atoms. The van der Waals surface area contributed by atoms with Gasteiger partial charge in [-0.3, -0.25) is 4.79 Å². The van der Waals surface area contributed by atoms with Gasteiger partial charge in [0.25, 0.3) is 0 Å². The Morgan fingerprint density at radius 2 is 1.46 bits per heavy atom. The highest BCUT2D eigenvalue weighted by atomic mass is 16.5. The third kappa shape index (κ3) is 3.03. The largest absolute Gasteiger partial charge is 0.497 e. The molecule has 3 heteroatoms. The van der Waals surface area contributed by atoms with E-state index in [4.69, 9.17) is 9.47 Å². The quantitative estimate of drug-likeness (QED) is 0.822. The molecule has 2 aromatic carbocycles. The maximum atomic E-state index is 12.9. The molecule has 0 heterocycles. The number of carbonyl (C=O) groups excluding carboxylic acids is 1. The molecule has 126 valence electrons. The molecule has 0 saturated heterocycles. The highest BCUT2D eigenvalue weighted by molar-refractivity contribution is 5.90. The van der Waals surface area contributed by atoms with Gasteiger partial charge in [-0.1, -0.05) is 19.1 Å². The molecule has 24 heavy (non-hydrogen) atoms. The van der Waals surface area contributed by atoms with E-state index in [1.165, 1.54) is 11.1 Å². The number of rotatable bonds is 5. The summed E-state index contributed by atoms with van der Waals surface area (Å²) in [7, 11) is 3.36. The van der Waals surface area contributed by atoms with Gasteiger partial charge in [0.2, 0.25) is 0 Å². The zero-order valence-corrected chi connectivity index (χ0v) is 14.6. The van der Waals surface area contributed by atoms with Gasteiger partial charge < -0.3 is 9.47 Å². The van der Waals surface area contributed by atoms with E-state index < -0.39 is 0 Å². The van der Waals surface area contributed by atoms with Crippen molar-refractivity contribution in [1.82, 2.24) is 0 Å². The van der Waals surface area contributed by atoms with Crippen LogP contribution in [0, 0.1) is 0 Å². The second-order valence-electron chi connectivity index (χ2n) is 6.28. The van der Waals surface area contributed by atoms with Gasteiger partial charge in [0, 0.05) is 6.42 Å². The topological polar surface area (TPSA) is 35.5 Å². The van der Waals surface area contributed by atoms with Crippen LogP contribution in [-0.2, 0) is 17.6 Å². The van der Waals surface area contributed by atoms with Gasteiger partial charge in [0.1, 0.15) is 17.3 Å². The van der Waals surface area contributed by atoms with Crippen LogP contribution in [0.5, 0.6) is 11.5 Å². The molecule has 0 amide bonds. The van der Waals surface area contributed by atoms with Crippen molar-refractivity contribution in [2.24, 2.45) is 0 Å². The van der Waals surface area contributed by atoms with Crippen LogP contribution in [0.25, 0.3) is 0 Å². The number of methoxy groups -OCH3 is 2. The highest BCUT2D eigenvalue weighted by Gasteiger charge is 2.29. The molecule has 0 N–H and O–H groups in total. The van der Waals surface area contributed by atoms with Crippen LogP contribution in [0.1, 0.15) is 47.9 Å². The van der Waals surface area contributed by atoms with E-state index in [1.807, 2.05) is 12.1 Å². The van der Waals surface area contributed by atoms with Crippen LogP contribution < -0.4 is 9.47 Å². The molecule has 0 unspecified atom stereocenters. The van der Waals surface area contributed by atoms with Crippen molar-refractivity contribution in [3.8, 4) is 11.5 Å². The maximum Gasteiger partial charge on any atom is 0.144 e. The van der Waals surface area contributed by atoms with E-state index in [9.17, 15) is 4.79 Å². The number of fused-ring (bicyclic) bond motifs is 2. The molecular weight excluding hydrogens is 300 g/mol. The number of Topliss-reactive ketones (excluding diaryl/α,β-unsaturated/α-hetero) is 1. The van der Waals surface area contributed by atoms with Crippen molar-refractivity contribution in [1.29, 1.82) is 0 Å².